The summed E-state index contributed by atoms with van der Waals surface area (Å²) < 4.78 is 15.2. The monoisotopic (exact) mass is 417 g/mol. The van der Waals surface area contributed by atoms with E-state index in [4.69, 9.17) is 11.6 Å². The molecule has 21 heavy (non-hydrogen) atoms. The summed E-state index contributed by atoms with van der Waals surface area (Å²) in [5, 5.41) is 3.99. The fourth-order valence-corrected chi connectivity index (χ4v) is 3.30. The van der Waals surface area contributed by atoms with Crippen LogP contribution in [-0.4, -0.2) is 6.54 Å². The number of benzene rings is 2. The van der Waals surface area contributed by atoms with Crippen molar-refractivity contribution >= 4 is 34.2 Å². The van der Waals surface area contributed by atoms with Gasteiger partial charge in [0.2, 0.25) is 0 Å². The minimum absolute atomic E-state index is 0.0625. The van der Waals surface area contributed by atoms with E-state index in [-0.39, 0.29) is 11.9 Å². The van der Waals surface area contributed by atoms with Crippen molar-refractivity contribution in [2.75, 3.05) is 6.54 Å². The Balaban J connectivity index is 2.31. The summed E-state index contributed by atoms with van der Waals surface area (Å²) in [4.78, 5) is 0. The zero-order valence-electron chi connectivity index (χ0n) is 11.9. The van der Waals surface area contributed by atoms with E-state index in [1.807, 2.05) is 12.1 Å². The third-order valence-corrected chi connectivity index (χ3v) is 4.73. The SMILES string of the molecule is CCCNC(Cc1c(F)cccc1Cl)c1ccccc1I. The average Bonchev–Trinajstić information content (AvgIpc) is 2.47. The van der Waals surface area contributed by atoms with Crippen molar-refractivity contribution in [3.05, 3.63) is 68.0 Å². The number of hydrogen-bond donors (Lipinski definition) is 1. The first-order valence-electron chi connectivity index (χ1n) is 7.04. The molecular weight excluding hydrogens is 400 g/mol. The zero-order chi connectivity index (χ0) is 15.2. The molecule has 0 radical (unpaired) electrons. The molecule has 0 aliphatic rings. The lowest BCUT2D eigenvalue weighted by atomic mass is 9.98. The van der Waals surface area contributed by atoms with Crippen LogP contribution >= 0.6 is 34.2 Å². The summed E-state index contributed by atoms with van der Waals surface area (Å²) in [6.45, 7) is 3.01. The normalized spacial score (nSPS) is 12.4. The molecule has 2 aromatic rings. The van der Waals surface area contributed by atoms with E-state index in [9.17, 15) is 4.39 Å². The van der Waals surface area contributed by atoms with Crippen LogP contribution < -0.4 is 5.32 Å². The Morgan fingerprint density at radius 3 is 2.62 bits per heavy atom. The minimum Gasteiger partial charge on any atom is -0.310 e. The van der Waals surface area contributed by atoms with Crippen LogP contribution in [0, 0.1) is 9.39 Å². The second-order valence-electron chi connectivity index (χ2n) is 4.93. The molecule has 4 heteroatoms. The molecule has 0 saturated heterocycles. The van der Waals surface area contributed by atoms with Gasteiger partial charge in [-0.25, -0.2) is 4.39 Å². The van der Waals surface area contributed by atoms with Gasteiger partial charge in [0.25, 0.3) is 0 Å². The topological polar surface area (TPSA) is 12.0 Å². The highest BCUT2D eigenvalue weighted by Gasteiger charge is 2.18. The van der Waals surface area contributed by atoms with Crippen LogP contribution in [0.15, 0.2) is 42.5 Å². The van der Waals surface area contributed by atoms with Crippen LogP contribution in [0.3, 0.4) is 0 Å². The van der Waals surface area contributed by atoms with Gasteiger partial charge in [-0.1, -0.05) is 42.8 Å². The van der Waals surface area contributed by atoms with Crippen LogP contribution in [-0.2, 0) is 6.42 Å². The number of rotatable bonds is 6. The molecule has 1 unspecified atom stereocenters. The molecule has 1 nitrogen and oxygen atoms in total. The van der Waals surface area contributed by atoms with Gasteiger partial charge < -0.3 is 5.32 Å². The molecule has 1 atom stereocenters. The molecule has 112 valence electrons. The summed E-state index contributed by atoms with van der Waals surface area (Å²) >= 11 is 8.49. The van der Waals surface area contributed by atoms with E-state index >= 15 is 0 Å². The zero-order valence-corrected chi connectivity index (χ0v) is 14.8. The van der Waals surface area contributed by atoms with Crippen molar-refractivity contribution in [3.8, 4) is 0 Å². The molecule has 0 saturated carbocycles. The summed E-state index contributed by atoms with van der Waals surface area (Å²) in [5.41, 5.74) is 1.76. The lowest BCUT2D eigenvalue weighted by Crippen LogP contribution is -2.25. The predicted molar refractivity (Wildman–Crippen MR) is 95.3 cm³/mol. The molecule has 0 heterocycles. The van der Waals surface area contributed by atoms with Crippen LogP contribution in [0.2, 0.25) is 5.02 Å². The lowest BCUT2D eigenvalue weighted by molar-refractivity contribution is 0.511. The van der Waals surface area contributed by atoms with Crippen molar-refractivity contribution in [2.45, 2.75) is 25.8 Å². The second-order valence-corrected chi connectivity index (χ2v) is 6.50. The minimum atomic E-state index is -0.239. The van der Waals surface area contributed by atoms with E-state index in [1.54, 1.807) is 12.1 Å². The lowest BCUT2D eigenvalue weighted by Gasteiger charge is -2.21. The maximum atomic E-state index is 14.0. The van der Waals surface area contributed by atoms with Crippen LogP contribution in [0.25, 0.3) is 0 Å². The molecule has 1 N–H and O–H groups in total. The van der Waals surface area contributed by atoms with Crippen molar-refractivity contribution in [1.29, 1.82) is 0 Å². The molecule has 2 rings (SSSR count). The van der Waals surface area contributed by atoms with E-state index in [0.717, 1.165) is 13.0 Å². The van der Waals surface area contributed by atoms with Gasteiger partial charge in [-0.15, -0.1) is 0 Å². The van der Waals surface area contributed by atoms with Gasteiger partial charge in [-0.2, -0.15) is 0 Å². The standard InChI is InChI=1S/C17H18ClFIN/c1-2-10-21-17(12-6-3-4-9-16(12)20)11-13-14(18)7-5-8-15(13)19/h3-9,17,21H,2,10-11H2,1H3. The van der Waals surface area contributed by atoms with Gasteiger partial charge in [-0.3, -0.25) is 0 Å². The molecule has 0 spiro atoms. The third kappa shape index (κ3) is 4.41. The first-order valence-corrected chi connectivity index (χ1v) is 8.49. The van der Waals surface area contributed by atoms with Crippen LogP contribution in [0.1, 0.15) is 30.5 Å². The third-order valence-electron chi connectivity index (χ3n) is 3.39. The number of hydrogen-bond acceptors (Lipinski definition) is 1. The first-order chi connectivity index (χ1) is 10.1. The first kappa shape index (κ1) is 16.7. The fourth-order valence-electron chi connectivity index (χ4n) is 2.30. The molecule has 0 aromatic heterocycles. The summed E-state index contributed by atoms with van der Waals surface area (Å²) in [6.07, 6.45) is 1.58. The smallest absolute Gasteiger partial charge is 0.127 e. The maximum absolute atomic E-state index is 14.0. The molecule has 2 aromatic carbocycles. The van der Waals surface area contributed by atoms with Gasteiger partial charge in [0.05, 0.1) is 0 Å². The van der Waals surface area contributed by atoms with Gasteiger partial charge in [0.1, 0.15) is 5.82 Å². The van der Waals surface area contributed by atoms with Gasteiger partial charge in [0, 0.05) is 20.2 Å². The van der Waals surface area contributed by atoms with Crippen LogP contribution in [0.4, 0.5) is 4.39 Å². The molecule has 0 amide bonds. The number of nitrogens with one attached hydrogen (secondary N) is 1. The van der Waals surface area contributed by atoms with Gasteiger partial charge in [-0.05, 0) is 65.7 Å². The Bertz CT molecular complexity index is 583. The summed E-state index contributed by atoms with van der Waals surface area (Å²) in [5.74, 6) is -0.239. The van der Waals surface area contributed by atoms with Gasteiger partial charge in [0.15, 0.2) is 0 Å². The van der Waals surface area contributed by atoms with E-state index in [0.29, 0.717) is 17.0 Å². The predicted octanol–water partition coefficient (Wildman–Crippen LogP) is 5.37. The Hall–Kier alpha value is -0.650. The average molecular weight is 418 g/mol. The largest absolute Gasteiger partial charge is 0.310 e. The number of halogens is 3. The Morgan fingerprint density at radius 1 is 1.19 bits per heavy atom. The highest BCUT2D eigenvalue weighted by molar-refractivity contribution is 14.1. The second kappa shape index (κ2) is 8.11. The Morgan fingerprint density at radius 2 is 1.95 bits per heavy atom. The fraction of sp³-hybridized carbons (Fsp3) is 0.294. The van der Waals surface area contributed by atoms with Crippen LogP contribution in [0.5, 0.6) is 0 Å². The van der Waals surface area contributed by atoms with Gasteiger partial charge >= 0.3 is 0 Å². The highest BCUT2D eigenvalue weighted by Crippen LogP contribution is 2.28. The molecule has 0 bridgehead atoms. The molecule has 0 aliphatic carbocycles. The quantitative estimate of drug-likeness (QED) is 0.623. The molecule has 0 aliphatic heterocycles. The van der Waals surface area contributed by atoms with Crippen molar-refractivity contribution in [2.24, 2.45) is 0 Å². The van der Waals surface area contributed by atoms with Crippen molar-refractivity contribution < 1.29 is 4.39 Å². The Kier molecular flexibility index (Phi) is 6.45. The van der Waals surface area contributed by atoms with Crippen molar-refractivity contribution in [3.63, 3.8) is 0 Å². The van der Waals surface area contributed by atoms with Crippen molar-refractivity contribution in [1.82, 2.24) is 5.32 Å². The van der Waals surface area contributed by atoms with E-state index < -0.39 is 0 Å². The highest BCUT2D eigenvalue weighted by atomic mass is 127. The Labute approximate surface area is 144 Å². The molecule has 0 fully saturated rings. The van der Waals surface area contributed by atoms with E-state index in [2.05, 4.69) is 47.0 Å². The summed E-state index contributed by atoms with van der Waals surface area (Å²) in [7, 11) is 0. The maximum Gasteiger partial charge on any atom is 0.127 e. The molecular formula is C17H18ClFIN. The van der Waals surface area contributed by atoms with E-state index in [1.165, 1.54) is 15.2 Å². The summed E-state index contributed by atoms with van der Waals surface area (Å²) in [6, 6.07) is 13.1.